The van der Waals surface area contributed by atoms with E-state index in [-0.39, 0.29) is 29.5 Å². The van der Waals surface area contributed by atoms with Gasteiger partial charge in [-0.15, -0.1) is 0 Å². The van der Waals surface area contributed by atoms with E-state index in [9.17, 15) is 13.2 Å². The lowest BCUT2D eigenvalue weighted by Gasteiger charge is -2.34. The number of nitrogens with zero attached hydrogens (tertiary/aromatic N) is 3. The predicted octanol–water partition coefficient (Wildman–Crippen LogP) is 3.80. The van der Waals surface area contributed by atoms with Gasteiger partial charge in [-0.25, -0.2) is 13.4 Å². The summed E-state index contributed by atoms with van der Waals surface area (Å²) in [5.41, 5.74) is 3.52. The Morgan fingerprint density at radius 2 is 1.78 bits per heavy atom. The zero-order valence-corrected chi connectivity index (χ0v) is 20.0. The first-order valence-electron chi connectivity index (χ1n) is 11.8. The Balaban J connectivity index is 1.38. The number of thioether (sulfide) groups is 1. The van der Waals surface area contributed by atoms with E-state index >= 15 is 0 Å². The van der Waals surface area contributed by atoms with E-state index in [1.807, 2.05) is 23.1 Å². The van der Waals surface area contributed by atoms with Crippen molar-refractivity contribution in [3.05, 3.63) is 41.7 Å². The van der Waals surface area contributed by atoms with Gasteiger partial charge >= 0.3 is 0 Å². The fourth-order valence-electron chi connectivity index (χ4n) is 5.54. The first-order valence-corrected chi connectivity index (χ1v) is 14.6. The highest BCUT2D eigenvalue weighted by Crippen LogP contribution is 2.33. The molecule has 32 heavy (non-hydrogen) atoms. The molecule has 0 N–H and O–H groups in total. The van der Waals surface area contributed by atoms with Crippen molar-refractivity contribution in [1.82, 2.24) is 14.5 Å². The van der Waals surface area contributed by atoms with Crippen LogP contribution in [0.15, 0.2) is 35.5 Å². The number of benzene rings is 1. The molecule has 2 aromatic rings. The van der Waals surface area contributed by atoms with Crippen LogP contribution in [-0.2, 0) is 27.5 Å². The Labute approximate surface area is 194 Å². The smallest absolute Gasteiger partial charge is 0.233 e. The number of carbonyl (C=O) groups excluding carboxylic acids is 1. The van der Waals surface area contributed by atoms with Crippen LogP contribution in [0.4, 0.5) is 0 Å². The van der Waals surface area contributed by atoms with E-state index in [2.05, 4.69) is 16.7 Å². The first-order chi connectivity index (χ1) is 15.5. The van der Waals surface area contributed by atoms with Crippen LogP contribution in [0.5, 0.6) is 0 Å². The zero-order chi connectivity index (χ0) is 22.1. The van der Waals surface area contributed by atoms with Crippen LogP contribution in [0.1, 0.15) is 56.3 Å². The Hall–Kier alpha value is -1.80. The van der Waals surface area contributed by atoms with E-state index in [0.29, 0.717) is 12.2 Å². The van der Waals surface area contributed by atoms with Crippen molar-refractivity contribution < 1.29 is 13.2 Å². The lowest BCUT2D eigenvalue weighted by atomic mass is 10.0. The van der Waals surface area contributed by atoms with Gasteiger partial charge in [0.05, 0.1) is 23.0 Å². The van der Waals surface area contributed by atoms with Crippen LogP contribution in [0, 0.1) is 0 Å². The van der Waals surface area contributed by atoms with Gasteiger partial charge in [0.25, 0.3) is 0 Å². The van der Waals surface area contributed by atoms with Gasteiger partial charge in [-0.05, 0) is 57.1 Å². The van der Waals surface area contributed by atoms with E-state index in [0.717, 1.165) is 61.5 Å². The molecule has 5 rings (SSSR count). The molecule has 8 heteroatoms. The molecular weight excluding hydrogens is 442 g/mol. The van der Waals surface area contributed by atoms with Crippen molar-refractivity contribution in [2.75, 3.05) is 17.3 Å². The second kappa shape index (κ2) is 9.21. The molecule has 1 aromatic heterocycles. The molecular formula is C24H31N3O3S2. The van der Waals surface area contributed by atoms with Crippen LogP contribution in [-0.4, -0.2) is 58.1 Å². The number of sulfone groups is 1. The molecule has 2 aliphatic carbocycles. The molecule has 2 heterocycles. The number of hydrogen-bond donors (Lipinski definition) is 0. The number of rotatable bonds is 6. The van der Waals surface area contributed by atoms with Gasteiger partial charge in [0.2, 0.25) is 5.91 Å². The van der Waals surface area contributed by atoms with Crippen molar-refractivity contribution in [1.29, 1.82) is 0 Å². The minimum absolute atomic E-state index is 0.0598. The van der Waals surface area contributed by atoms with Crippen molar-refractivity contribution >= 4 is 27.5 Å². The normalized spacial score (nSPS) is 22.7. The van der Waals surface area contributed by atoms with Gasteiger partial charge in [0.1, 0.15) is 0 Å². The predicted molar refractivity (Wildman–Crippen MR) is 127 cm³/mol. The average Bonchev–Trinajstić information content (AvgIpc) is 3.52. The third kappa shape index (κ3) is 4.49. The molecule has 1 saturated carbocycles. The fraction of sp³-hybridized carbons (Fsp3) is 0.583. The molecule has 0 bridgehead atoms. The number of para-hydroxylation sites is 1. The number of aryl methyl sites for hydroxylation is 1. The summed E-state index contributed by atoms with van der Waals surface area (Å²) in [6.07, 6.45) is 9.11. The third-order valence-electron chi connectivity index (χ3n) is 7.05. The summed E-state index contributed by atoms with van der Waals surface area (Å²) < 4.78 is 26.5. The van der Waals surface area contributed by atoms with Gasteiger partial charge in [-0.3, -0.25) is 9.36 Å². The second-order valence-electron chi connectivity index (χ2n) is 9.25. The summed E-state index contributed by atoms with van der Waals surface area (Å²) in [5.74, 6) is 0.680. The largest absolute Gasteiger partial charge is 0.335 e. The molecule has 172 valence electrons. The Morgan fingerprint density at radius 3 is 2.50 bits per heavy atom. The SMILES string of the molecule is O=C(CSc1nc2c(n1-c1ccccc1)CCCC2)N(C1CCCC1)C1CCS(=O)(=O)C1. The summed E-state index contributed by atoms with van der Waals surface area (Å²) in [6, 6.07) is 10.3. The molecule has 3 aliphatic rings. The maximum Gasteiger partial charge on any atom is 0.233 e. The number of fused-ring (bicyclic) bond motifs is 1. The van der Waals surface area contributed by atoms with Crippen LogP contribution < -0.4 is 0 Å². The van der Waals surface area contributed by atoms with E-state index in [4.69, 9.17) is 4.98 Å². The number of hydrogen-bond acceptors (Lipinski definition) is 5. The standard InChI is InChI=1S/C24H31N3O3S2/c28-23(26(18-10-4-5-11-18)20-14-15-32(29,30)17-20)16-31-24-25-21-12-6-7-13-22(21)27(24)19-8-2-1-3-9-19/h1-3,8-9,18,20H,4-7,10-17H2. The molecule has 1 unspecified atom stereocenters. The third-order valence-corrected chi connectivity index (χ3v) is 9.72. The highest BCUT2D eigenvalue weighted by atomic mass is 32.2. The van der Waals surface area contributed by atoms with Crippen LogP contribution in [0.2, 0.25) is 0 Å². The molecule has 6 nitrogen and oxygen atoms in total. The van der Waals surface area contributed by atoms with Crippen LogP contribution in [0.3, 0.4) is 0 Å². The molecule has 1 aromatic carbocycles. The van der Waals surface area contributed by atoms with Gasteiger partial charge in [0.15, 0.2) is 15.0 Å². The van der Waals surface area contributed by atoms with E-state index < -0.39 is 9.84 Å². The molecule has 2 fully saturated rings. The fourth-order valence-corrected chi connectivity index (χ4v) is 8.17. The Bertz CT molecular complexity index is 1080. The number of imidazole rings is 1. The van der Waals surface area contributed by atoms with Gasteiger partial charge in [-0.2, -0.15) is 0 Å². The van der Waals surface area contributed by atoms with Crippen molar-refractivity contribution in [2.24, 2.45) is 0 Å². The topological polar surface area (TPSA) is 72.3 Å². The molecule has 1 saturated heterocycles. The lowest BCUT2D eigenvalue weighted by molar-refractivity contribution is -0.132. The van der Waals surface area contributed by atoms with Gasteiger partial charge in [-0.1, -0.05) is 42.8 Å². The molecule has 0 radical (unpaired) electrons. The molecule has 1 aliphatic heterocycles. The maximum absolute atomic E-state index is 13.5. The molecule has 1 atom stereocenters. The maximum atomic E-state index is 13.5. The average molecular weight is 474 g/mol. The minimum atomic E-state index is -3.03. The number of amides is 1. The number of aromatic nitrogens is 2. The van der Waals surface area contributed by atoms with E-state index in [1.54, 1.807) is 0 Å². The summed E-state index contributed by atoms with van der Waals surface area (Å²) in [4.78, 5) is 20.3. The monoisotopic (exact) mass is 473 g/mol. The highest BCUT2D eigenvalue weighted by molar-refractivity contribution is 7.99. The minimum Gasteiger partial charge on any atom is -0.335 e. The van der Waals surface area contributed by atoms with Crippen molar-refractivity contribution in [3.63, 3.8) is 0 Å². The Morgan fingerprint density at radius 1 is 1.03 bits per heavy atom. The van der Waals surface area contributed by atoms with Crippen LogP contribution in [0.25, 0.3) is 5.69 Å². The van der Waals surface area contributed by atoms with Gasteiger partial charge < -0.3 is 4.90 Å². The van der Waals surface area contributed by atoms with Crippen molar-refractivity contribution in [2.45, 2.75) is 75.0 Å². The number of carbonyl (C=O) groups is 1. The summed E-state index contributed by atoms with van der Waals surface area (Å²) in [5, 5.41) is 0.877. The van der Waals surface area contributed by atoms with Crippen molar-refractivity contribution in [3.8, 4) is 5.69 Å². The quantitative estimate of drug-likeness (QED) is 0.597. The molecule has 1 amide bonds. The second-order valence-corrected chi connectivity index (χ2v) is 12.4. The zero-order valence-electron chi connectivity index (χ0n) is 18.4. The summed E-state index contributed by atoms with van der Waals surface area (Å²) in [7, 11) is -3.03. The van der Waals surface area contributed by atoms with E-state index in [1.165, 1.54) is 23.9 Å². The Kier molecular flexibility index (Phi) is 6.34. The molecule has 0 spiro atoms. The summed E-state index contributed by atoms with van der Waals surface area (Å²) in [6.45, 7) is 0. The summed E-state index contributed by atoms with van der Waals surface area (Å²) >= 11 is 1.50. The lowest BCUT2D eigenvalue weighted by Crippen LogP contribution is -2.47. The highest BCUT2D eigenvalue weighted by Gasteiger charge is 2.39. The van der Waals surface area contributed by atoms with Crippen LogP contribution >= 0.6 is 11.8 Å². The first kappa shape index (κ1) is 22.0. The van der Waals surface area contributed by atoms with Gasteiger partial charge in [0, 0.05) is 23.5 Å².